The fourth-order valence-electron chi connectivity index (χ4n) is 1.89. The molecule has 1 heterocycles. The van der Waals surface area contributed by atoms with Gasteiger partial charge in [0.25, 0.3) is 5.91 Å². The van der Waals surface area contributed by atoms with Gasteiger partial charge in [-0.05, 0) is 18.6 Å². The second-order valence-corrected chi connectivity index (χ2v) is 4.72. The van der Waals surface area contributed by atoms with Crippen molar-refractivity contribution in [3.8, 4) is 0 Å². The number of nitrogens with zero attached hydrogens (tertiary/aromatic N) is 3. The second-order valence-electron chi connectivity index (χ2n) is 4.72. The Hall–Kier alpha value is -2.37. The number of aromatic amines is 1. The summed E-state index contributed by atoms with van der Waals surface area (Å²) < 4.78 is 0. The molecule has 0 unspecified atom stereocenters. The number of amides is 1. The lowest BCUT2D eigenvalue weighted by Gasteiger charge is -2.17. The van der Waals surface area contributed by atoms with E-state index in [9.17, 15) is 4.79 Å². The first-order valence-corrected chi connectivity index (χ1v) is 6.60. The number of hydrogen-bond acceptors (Lipinski definition) is 4. The average Bonchev–Trinajstić information content (AvgIpc) is 2.88. The van der Waals surface area contributed by atoms with Crippen molar-refractivity contribution in [2.45, 2.75) is 19.8 Å². The van der Waals surface area contributed by atoms with Gasteiger partial charge in [0.2, 0.25) is 5.82 Å². The summed E-state index contributed by atoms with van der Waals surface area (Å²) in [7, 11) is 3.86. The molecule has 0 aliphatic rings. The number of carbonyl (C=O) groups is 1. The minimum Gasteiger partial charge on any atom is -0.376 e. The number of nitrogens with one attached hydrogen (secondary N) is 2. The molecule has 2 aromatic rings. The van der Waals surface area contributed by atoms with Crippen LogP contribution in [0.15, 0.2) is 24.3 Å². The van der Waals surface area contributed by atoms with Crippen molar-refractivity contribution in [3.63, 3.8) is 0 Å². The van der Waals surface area contributed by atoms with Crippen molar-refractivity contribution in [1.82, 2.24) is 15.2 Å². The molecular formula is C14H19N5O. The monoisotopic (exact) mass is 273 g/mol. The van der Waals surface area contributed by atoms with Crippen LogP contribution < -0.4 is 10.2 Å². The number of aryl methyl sites for hydroxylation is 1. The zero-order valence-electron chi connectivity index (χ0n) is 12.0. The minimum atomic E-state index is -0.307. The summed E-state index contributed by atoms with van der Waals surface area (Å²) in [5, 5.41) is 9.56. The summed E-state index contributed by atoms with van der Waals surface area (Å²) in [6.07, 6.45) is 1.74. The highest BCUT2D eigenvalue weighted by Gasteiger charge is 2.14. The Labute approximate surface area is 118 Å². The van der Waals surface area contributed by atoms with Crippen LogP contribution in [0.1, 0.15) is 29.8 Å². The molecule has 20 heavy (non-hydrogen) atoms. The molecule has 0 fully saturated rings. The number of anilines is 2. The number of hydrogen-bond donors (Lipinski definition) is 2. The van der Waals surface area contributed by atoms with Gasteiger partial charge in [-0.25, -0.2) is 4.98 Å². The van der Waals surface area contributed by atoms with E-state index in [4.69, 9.17) is 0 Å². The molecule has 0 aliphatic carbocycles. The summed E-state index contributed by atoms with van der Waals surface area (Å²) in [5.41, 5.74) is 1.68. The molecule has 0 bridgehead atoms. The fourth-order valence-corrected chi connectivity index (χ4v) is 1.89. The number of H-pyrrole nitrogens is 1. The molecular weight excluding hydrogens is 254 g/mol. The molecule has 6 nitrogen and oxygen atoms in total. The van der Waals surface area contributed by atoms with Crippen LogP contribution in [0.2, 0.25) is 0 Å². The van der Waals surface area contributed by atoms with Crippen LogP contribution in [-0.4, -0.2) is 35.2 Å². The highest BCUT2D eigenvalue weighted by Crippen LogP contribution is 2.23. The Morgan fingerprint density at radius 3 is 2.80 bits per heavy atom. The van der Waals surface area contributed by atoms with E-state index in [1.807, 2.05) is 43.3 Å². The normalized spacial score (nSPS) is 10.3. The Morgan fingerprint density at radius 1 is 1.35 bits per heavy atom. The Kier molecular flexibility index (Phi) is 4.34. The van der Waals surface area contributed by atoms with Gasteiger partial charge in [-0.2, -0.15) is 0 Å². The van der Waals surface area contributed by atoms with E-state index in [1.165, 1.54) is 0 Å². The maximum absolute atomic E-state index is 12.1. The Morgan fingerprint density at radius 2 is 2.10 bits per heavy atom. The average molecular weight is 273 g/mol. The third kappa shape index (κ3) is 3.14. The van der Waals surface area contributed by atoms with Crippen LogP contribution in [0.3, 0.4) is 0 Å². The molecule has 1 amide bonds. The van der Waals surface area contributed by atoms with E-state index in [0.717, 1.165) is 30.0 Å². The lowest BCUT2D eigenvalue weighted by Crippen LogP contribution is -2.17. The molecule has 1 aromatic carbocycles. The third-order valence-electron chi connectivity index (χ3n) is 2.86. The van der Waals surface area contributed by atoms with Gasteiger partial charge in [-0.3, -0.25) is 9.89 Å². The smallest absolute Gasteiger partial charge is 0.295 e. The summed E-state index contributed by atoms with van der Waals surface area (Å²) in [4.78, 5) is 18.3. The van der Waals surface area contributed by atoms with Gasteiger partial charge in [0.1, 0.15) is 5.82 Å². The minimum absolute atomic E-state index is 0.169. The van der Waals surface area contributed by atoms with E-state index in [0.29, 0.717) is 0 Å². The fraction of sp³-hybridized carbons (Fsp3) is 0.357. The molecule has 1 aromatic heterocycles. The zero-order valence-corrected chi connectivity index (χ0v) is 12.0. The molecule has 0 atom stereocenters. The lowest BCUT2D eigenvalue weighted by molar-refractivity contribution is 0.101. The van der Waals surface area contributed by atoms with Crippen LogP contribution >= 0.6 is 0 Å². The second kappa shape index (κ2) is 6.18. The number of para-hydroxylation sites is 2. The zero-order chi connectivity index (χ0) is 14.5. The van der Waals surface area contributed by atoms with Crippen molar-refractivity contribution in [2.24, 2.45) is 0 Å². The van der Waals surface area contributed by atoms with Crippen LogP contribution in [0.4, 0.5) is 11.4 Å². The molecule has 0 saturated carbocycles. The summed E-state index contributed by atoms with van der Waals surface area (Å²) in [6.45, 7) is 2.05. The van der Waals surface area contributed by atoms with Crippen molar-refractivity contribution in [2.75, 3.05) is 24.3 Å². The van der Waals surface area contributed by atoms with Crippen molar-refractivity contribution in [1.29, 1.82) is 0 Å². The molecule has 2 N–H and O–H groups in total. The van der Waals surface area contributed by atoms with E-state index in [1.54, 1.807) is 0 Å². The van der Waals surface area contributed by atoms with Crippen LogP contribution in [0.5, 0.6) is 0 Å². The van der Waals surface area contributed by atoms with Gasteiger partial charge in [0, 0.05) is 20.5 Å². The van der Waals surface area contributed by atoms with E-state index >= 15 is 0 Å². The molecule has 6 heteroatoms. The van der Waals surface area contributed by atoms with Crippen LogP contribution in [0.25, 0.3) is 0 Å². The van der Waals surface area contributed by atoms with Gasteiger partial charge in [0.05, 0.1) is 11.4 Å². The summed E-state index contributed by atoms with van der Waals surface area (Å²) in [5.74, 6) is 0.596. The number of rotatable bonds is 5. The van der Waals surface area contributed by atoms with E-state index in [2.05, 4.69) is 27.4 Å². The summed E-state index contributed by atoms with van der Waals surface area (Å²) >= 11 is 0. The van der Waals surface area contributed by atoms with Crippen LogP contribution in [0, 0.1) is 0 Å². The highest BCUT2D eigenvalue weighted by molar-refractivity contribution is 6.03. The Bertz CT molecular complexity index is 591. The SMILES string of the molecule is CCCc1nc(C(=O)Nc2ccccc2N(C)C)n[nH]1. The summed E-state index contributed by atoms with van der Waals surface area (Å²) in [6, 6.07) is 7.60. The predicted octanol–water partition coefficient (Wildman–Crippen LogP) is 2.08. The van der Waals surface area contributed by atoms with Crippen molar-refractivity contribution in [3.05, 3.63) is 35.9 Å². The van der Waals surface area contributed by atoms with Gasteiger partial charge in [-0.1, -0.05) is 19.1 Å². The maximum atomic E-state index is 12.1. The molecule has 0 saturated heterocycles. The maximum Gasteiger partial charge on any atom is 0.295 e. The van der Waals surface area contributed by atoms with E-state index < -0.39 is 0 Å². The van der Waals surface area contributed by atoms with Crippen molar-refractivity contribution < 1.29 is 4.79 Å². The first-order valence-electron chi connectivity index (χ1n) is 6.60. The van der Waals surface area contributed by atoms with Gasteiger partial charge < -0.3 is 10.2 Å². The topological polar surface area (TPSA) is 73.9 Å². The predicted molar refractivity (Wildman–Crippen MR) is 79.1 cm³/mol. The molecule has 2 rings (SSSR count). The number of benzene rings is 1. The van der Waals surface area contributed by atoms with Gasteiger partial charge >= 0.3 is 0 Å². The quantitative estimate of drug-likeness (QED) is 0.874. The first-order chi connectivity index (χ1) is 9.61. The van der Waals surface area contributed by atoms with Gasteiger partial charge in [-0.15, -0.1) is 5.10 Å². The first kappa shape index (κ1) is 14.0. The number of aromatic nitrogens is 3. The van der Waals surface area contributed by atoms with Gasteiger partial charge in [0.15, 0.2) is 0 Å². The third-order valence-corrected chi connectivity index (χ3v) is 2.86. The lowest BCUT2D eigenvalue weighted by atomic mass is 10.2. The standard InChI is InChI=1S/C14H19N5O/c1-4-7-12-16-13(18-17-12)14(20)15-10-8-5-6-9-11(10)19(2)3/h5-6,8-9H,4,7H2,1-3H3,(H,15,20)(H,16,17,18). The Balaban J connectivity index is 2.15. The largest absolute Gasteiger partial charge is 0.376 e. The molecule has 0 spiro atoms. The number of carbonyl (C=O) groups excluding carboxylic acids is 1. The molecule has 0 aliphatic heterocycles. The molecule has 106 valence electrons. The van der Waals surface area contributed by atoms with E-state index in [-0.39, 0.29) is 11.7 Å². The highest BCUT2D eigenvalue weighted by atomic mass is 16.2. The molecule has 0 radical (unpaired) electrons. The van der Waals surface area contributed by atoms with Crippen molar-refractivity contribution >= 4 is 17.3 Å². The van der Waals surface area contributed by atoms with Crippen LogP contribution in [-0.2, 0) is 6.42 Å².